The molecule has 0 amide bonds. The van der Waals surface area contributed by atoms with E-state index in [9.17, 15) is 14.7 Å². The molecule has 0 saturated carbocycles. The molecule has 0 spiro atoms. The third-order valence-corrected chi connectivity index (χ3v) is 2.03. The monoisotopic (exact) mass is 218 g/mol. The van der Waals surface area contributed by atoms with Crippen LogP contribution in [0.15, 0.2) is 0 Å². The Labute approximate surface area is 89.3 Å². The molecule has 0 bridgehead atoms. The van der Waals surface area contributed by atoms with Crippen molar-refractivity contribution in [1.82, 2.24) is 0 Å². The van der Waals surface area contributed by atoms with Gasteiger partial charge in [0.1, 0.15) is 0 Å². The summed E-state index contributed by atoms with van der Waals surface area (Å²) in [5.41, 5.74) is 0. The second-order valence-corrected chi connectivity index (χ2v) is 3.35. The Morgan fingerprint density at radius 1 is 1.27 bits per heavy atom. The Hall–Kier alpha value is -1.10. The van der Waals surface area contributed by atoms with Crippen LogP contribution >= 0.6 is 0 Å². The maximum atomic E-state index is 11.3. The van der Waals surface area contributed by atoms with Crippen molar-refractivity contribution >= 4 is 11.9 Å². The van der Waals surface area contributed by atoms with Crippen molar-refractivity contribution < 1.29 is 24.5 Å². The molecule has 0 saturated heterocycles. The minimum Gasteiger partial charge on any atom is -0.392 e. The molecule has 0 fully saturated rings. The van der Waals surface area contributed by atoms with Crippen molar-refractivity contribution in [2.45, 2.75) is 46.1 Å². The van der Waals surface area contributed by atoms with E-state index in [1.165, 1.54) is 0 Å². The highest BCUT2D eigenvalue weighted by Crippen LogP contribution is 2.15. The summed E-state index contributed by atoms with van der Waals surface area (Å²) < 4.78 is 0. The summed E-state index contributed by atoms with van der Waals surface area (Å²) in [6, 6.07) is 0. The second kappa shape index (κ2) is 7.23. The SMILES string of the molecule is CCCC(O)C(CC)C(=O)OOC(C)=O. The van der Waals surface area contributed by atoms with Crippen molar-refractivity contribution in [3.8, 4) is 0 Å². The zero-order valence-electron chi connectivity index (χ0n) is 9.36. The molecule has 88 valence electrons. The fraction of sp³-hybridized carbons (Fsp3) is 0.800. The van der Waals surface area contributed by atoms with E-state index < -0.39 is 24.0 Å². The third-order valence-electron chi connectivity index (χ3n) is 2.03. The summed E-state index contributed by atoms with van der Waals surface area (Å²) in [4.78, 5) is 30.1. The minimum absolute atomic E-state index is 0.446. The predicted molar refractivity (Wildman–Crippen MR) is 52.6 cm³/mol. The molecular formula is C10H18O5. The first-order valence-corrected chi connectivity index (χ1v) is 5.09. The van der Waals surface area contributed by atoms with E-state index in [4.69, 9.17) is 0 Å². The number of aliphatic hydroxyl groups excluding tert-OH is 1. The Kier molecular flexibility index (Phi) is 6.70. The van der Waals surface area contributed by atoms with Crippen molar-refractivity contribution in [2.24, 2.45) is 5.92 Å². The number of carbonyl (C=O) groups excluding carboxylic acids is 2. The number of hydrogen-bond donors (Lipinski definition) is 1. The van der Waals surface area contributed by atoms with Gasteiger partial charge in [0.25, 0.3) is 0 Å². The van der Waals surface area contributed by atoms with Gasteiger partial charge in [-0.3, -0.25) is 0 Å². The van der Waals surface area contributed by atoms with Gasteiger partial charge in [0, 0.05) is 6.92 Å². The van der Waals surface area contributed by atoms with E-state index in [2.05, 4.69) is 9.78 Å². The summed E-state index contributed by atoms with van der Waals surface area (Å²) in [7, 11) is 0. The van der Waals surface area contributed by atoms with E-state index in [1.54, 1.807) is 6.92 Å². The van der Waals surface area contributed by atoms with Crippen LogP contribution in [-0.2, 0) is 19.4 Å². The lowest BCUT2D eigenvalue weighted by Crippen LogP contribution is -2.29. The van der Waals surface area contributed by atoms with Gasteiger partial charge in [0.2, 0.25) is 0 Å². The summed E-state index contributed by atoms with van der Waals surface area (Å²) in [5.74, 6) is -2.03. The highest BCUT2D eigenvalue weighted by molar-refractivity contribution is 5.74. The van der Waals surface area contributed by atoms with Crippen molar-refractivity contribution in [2.75, 3.05) is 0 Å². The van der Waals surface area contributed by atoms with Gasteiger partial charge in [0.15, 0.2) is 0 Å². The smallest absolute Gasteiger partial charge is 0.361 e. The van der Waals surface area contributed by atoms with Crippen LogP contribution in [0.5, 0.6) is 0 Å². The fourth-order valence-corrected chi connectivity index (χ4v) is 1.25. The second-order valence-electron chi connectivity index (χ2n) is 3.35. The van der Waals surface area contributed by atoms with Gasteiger partial charge in [-0.15, -0.1) is 0 Å². The molecule has 0 aliphatic carbocycles. The molecule has 2 unspecified atom stereocenters. The quantitative estimate of drug-likeness (QED) is 0.554. The van der Waals surface area contributed by atoms with Crippen molar-refractivity contribution in [1.29, 1.82) is 0 Å². The van der Waals surface area contributed by atoms with Gasteiger partial charge in [0.05, 0.1) is 12.0 Å². The van der Waals surface area contributed by atoms with Crippen LogP contribution in [0.25, 0.3) is 0 Å². The third kappa shape index (κ3) is 5.37. The number of aliphatic hydroxyl groups is 1. The Bertz CT molecular complexity index is 214. The molecule has 5 nitrogen and oxygen atoms in total. The van der Waals surface area contributed by atoms with Gasteiger partial charge in [-0.2, -0.15) is 0 Å². The van der Waals surface area contributed by atoms with Crippen LogP contribution in [0.2, 0.25) is 0 Å². The Morgan fingerprint density at radius 3 is 2.27 bits per heavy atom. The minimum atomic E-state index is -0.747. The molecule has 1 N–H and O–H groups in total. The highest BCUT2D eigenvalue weighted by Gasteiger charge is 2.27. The molecule has 0 radical (unpaired) electrons. The first-order valence-electron chi connectivity index (χ1n) is 5.09. The van der Waals surface area contributed by atoms with Crippen molar-refractivity contribution in [3.63, 3.8) is 0 Å². The van der Waals surface area contributed by atoms with Gasteiger partial charge in [-0.25, -0.2) is 19.4 Å². The lowest BCUT2D eigenvalue weighted by molar-refractivity contribution is -0.262. The zero-order valence-corrected chi connectivity index (χ0v) is 9.36. The van der Waals surface area contributed by atoms with E-state index >= 15 is 0 Å². The average Bonchev–Trinajstić information content (AvgIpc) is 2.16. The molecule has 15 heavy (non-hydrogen) atoms. The van der Waals surface area contributed by atoms with E-state index in [0.717, 1.165) is 13.3 Å². The molecular weight excluding hydrogens is 200 g/mol. The van der Waals surface area contributed by atoms with Crippen LogP contribution in [0.3, 0.4) is 0 Å². The average molecular weight is 218 g/mol. The molecule has 0 aliphatic rings. The lowest BCUT2D eigenvalue weighted by Gasteiger charge is -2.17. The molecule has 0 heterocycles. The Morgan fingerprint density at radius 2 is 1.87 bits per heavy atom. The summed E-state index contributed by atoms with van der Waals surface area (Å²) >= 11 is 0. The number of rotatable bonds is 5. The number of hydrogen-bond acceptors (Lipinski definition) is 5. The van der Waals surface area contributed by atoms with Gasteiger partial charge in [-0.1, -0.05) is 20.3 Å². The van der Waals surface area contributed by atoms with Gasteiger partial charge in [-0.05, 0) is 12.8 Å². The van der Waals surface area contributed by atoms with Crippen LogP contribution in [0, 0.1) is 5.92 Å². The molecule has 0 aromatic carbocycles. The van der Waals surface area contributed by atoms with Crippen LogP contribution < -0.4 is 0 Å². The maximum absolute atomic E-state index is 11.3. The summed E-state index contributed by atoms with van der Waals surface area (Å²) in [6.07, 6.45) is 0.996. The molecule has 0 rings (SSSR count). The first-order chi connectivity index (χ1) is 7.02. The standard InChI is InChI=1S/C10H18O5/c1-4-6-9(12)8(5-2)10(13)15-14-7(3)11/h8-9,12H,4-6H2,1-3H3. The predicted octanol–water partition coefficient (Wildman–Crippen LogP) is 1.19. The lowest BCUT2D eigenvalue weighted by atomic mass is 9.96. The topological polar surface area (TPSA) is 72.8 Å². The van der Waals surface area contributed by atoms with Crippen LogP contribution in [0.1, 0.15) is 40.0 Å². The van der Waals surface area contributed by atoms with Crippen LogP contribution in [-0.4, -0.2) is 23.1 Å². The Balaban J connectivity index is 4.14. The normalized spacial score (nSPS) is 14.1. The summed E-state index contributed by atoms with van der Waals surface area (Å²) in [6.45, 7) is 4.81. The molecule has 2 atom stereocenters. The first kappa shape index (κ1) is 13.9. The molecule has 5 heteroatoms. The number of carbonyl (C=O) groups is 2. The zero-order chi connectivity index (χ0) is 11.8. The fourth-order valence-electron chi connectivity index (χ4n) is 1.25. The largest absolute Gasteiger partial charge is 0.392 e. The van der Waals surface area contributed by atoms with Gasteiger partial charge < -0.3 is 5.11 Å². The highest BCUT2D eigenvalue weighted by atomic mass is 17.2. The van der Waals surface area contributed by atoms with Crippen LogP contribution in [0.4, 0.5) is 0 Å². The van der Waals surface area contributed by atoms with E-state index in [1.807, 2.05) is 6.92 Å². The molecule has 0 aromatic heterocycles. The van der Waals surface area contributed by atoms with Crippen molar-refractivity contribution in [3.05, 3.63) is 0 Å². The van der Waals surface area contributed by atoms with E-state index in [-0.39, 0.29) is 0 Å². The molecule has 0 aromatic rings. The summed E-state index contributed by atoms with van der Waals surface area (Å²) in [5, 5.41) is 9.60. The van der Waals surface area contributed by atoms with Gasteiger partial charge >= 0.3 is 11.9 Å². The maximum Gasteiger partial charge on any atom is 0.361 e. The molecule has 0 aliphatic heterocycles. The van der Waals surface area contributed by atoms with E-state index in [0.29, 0.717) is 12.8 Å².